The lowest BCUT2D eigenvalue weighted by molar-refractivity contribution is -0.112. The maximum Gasteiger partial charge on any atom is 0.341 e. The van der Waals surface area contributed by atoms with Crippen LogP contribution in [0.3, 0.4) is 0 Å². The van der Waals surface area contributed by atoms with Crippen LogP contribution in [-0.2, 0) is 9.53 Å². The maximum absolute atomic E-state index is 12.6. The number of carbonyl (C=O) groups excluding carboxylic acids is 2. The quantitative estimate of drug-likeness (QED) is 0.383. The van der Waals surface area contributed by atoms with Gasteiger partial charge in [-0.25, -0.2) is 4.79 Å². The fourth-order valence-corrected chi connectivity index (χ4v) is 4.08. The predicted octanol–water partition coefficient (Wildman–Crippen LogP) is 4.51. The molecule has 0 bridgehead atoms. The molecule has 0 aliphatic rings. The average Bonchev–Trinajstić information content (AvgIpc) is 3.12. The van der Waals surface area contributed by atoms with E-state index in [2.05, 4.69) is 21.2 Å². The molecule has 0 saturated heterocycles. The van der Waals surface area contributed by atoms with Crippen LogP contribution in [0.5, 0.6) is 0 Å². The standard InChI is InChI=1S/C19H20BrN3O4S/c1-6-26-19(25)15-10(2)11(3)28-17(15)22-16(24)12(9-21)7-13-8-14(20)18(27-13)23(4)5/h7-8H,6H2,1-5H3,(H,22,24)/b12-7+. The second-order valence-electron chi connectivity index (χ2n) is 6.03. The molecular weight excluding hydrogens is 446 g/mol. The molecule has 7 nitrogen and oxygen atoms in total. The number of amides is 1. The molecule has 28 heavy (non-hydrogen) atoms. The van der Waals surface area contributed by atoms with Crippen LogP contribution in [-0.4, -0.2) is 32.6 Å². The zero-order valence-corrected chi connectivity index (χ0v) is 18.6. The summed E-state index contributed by atoms with van der Waals surface area (Å²) in [5, 5.41) is 12.4. The lowest BCUT2D eigenvalue weighted by atomic mass is 10.1. The van der Waals surface area contributed by atoms with E-state index in [9.17, 15) is 14.9 Å². The van der Waals surface area contributed by atoms with Crippen LogP contribution in [0.4, 0.5) is 10.9 Å². The number of ether oxygens (including phenoxy) is 1. The molecule has 1 amide bonds. The molecule has 0 fully saturated rings. The highest BCUT2D eigenvalue weighted by atomic mass is 79.9. The summed E-state index contributed by atoms with van der Waals surface area (Å²) in [6.45, 7) is 5.58. The Morgan fingerprint density at radius 2 is 2.11 bits per heavy atom. The molecule has 0 atom stereocenters. The average molecular weight is 466 g/mol. The number of aryl methyl sites for hydroxylation is 1. The van der Waals surface area contributed by atoms with Gasteiger partial charge < -0.3 is 19.4 Å². The SMILES string of the molecule is CCOC(=O)c1c(NC(=O)/C(C#N)=C/c2cc(Br)c(N(C)C)o2)sc(C)c1C. The number of hydrogen-bond acceptors (Lipinski definition) is 7. The van der Waals surface area contributed by atoms with E-state index in [4.69, 9.17) is 9.15 Å². The molecule has 9 heteroatoms. The summed E-state index contributed by atoms with van der Waals surface area (Å²) in [5.41, 5.74) is 0.905. The van der Waals surface area contributed by atoms with Crippen LogP contribution in [0.1, 0.15) is 33.5 Å². The molecule has 0 spiro atoms. The first-order valence-electron chi connectivity index (χ1n) is 8.36. The third kappa shape index (κ3) is 4.64. The van der Waals surface area contributed by atoms with E-state index < -0.39 is 11.9 Å². The minimum absolute atomic E-state index is 0.148. The number of nitrogens with zero attached hydrogens (tertiary/aromatic N) is 2. The first kappa shape index (κ1) is 21.7. The Balaban J connectivity index is 2.33. The molecular formula is C19H20BrN3O4S. The monoisotopic (exact) mass is 465 g/mol. The number of nitriles is 1. The van der Waals surface area contributed by atoms with Crippen LogP contribution >= 0.6 is 27.3 Å². The molecule has 2 rings (SSSR count). The smallest absolute Gasteiger partial charge is 0.341 e. The van der Waals surface area contributed by atoms with E-state index in [0.29, 0.717) is 26.7 Å². The molecule has 148 valence electrons. The number of esters is 1. The number of thiophene rings is 1. The van der Waals surface area contributed by atoms with Crippen molar-refractivity contribution in [2.45, 2.75) is 20.8 Å². The van der Waals surface area contributed by atoms with Crippen LogP contribution in [0.15, 0.2) is 20.5 Å². The van der Waals surface area contributed by atoms with Gasteiger partial charge in [0.05, 0.1) is 16.6 Å². The molecule has 1 N–H and O–H groups in total. The van der Waals surface area contributed by atoms with E-state index in [-0.39, 0.29) is 12.2 Å². The Hall–Kier alpha value is -2.57. The van der Waals surface area contributed by atoms with Crippen molar-refractivity contribution in [1.82, 2.24) is 0 Å². The van der Waals surface area contributed by atoms with Crippen LogP contribution in [0, 0.1) is 25.2 Å². The Morgan fingerprint density at radius 3 is 2.64 bits per heavy atom. The largest absolute Gasteiger partial charge is 0.462 e. The third-order valence-electron chi connectivity index (χ3n) is 3.84. The van der Waals surface area contributed by atoms with E-state index >= 15 is 0 Å². The van der Waals surface area contributed by atoms with E-state index in [0.717, 1.165) is 10.4 Å². The fraction of sp³-hybridized carbons (Fsp3) is 0.316. The minimum Gasteiger partial charge on any atom is -0.462 e. The van der Waals surface area contributed by atoms with Gasteiger partial charge in [0.15, 0.2) is 0 Å². The molecule has 2 aromatic heterocycles. The van der Waals surface area contributed by atoms with E-state index in [1.165, 1.54) is 17.4 Å². The van der Waals surface area contributed by atoms with Crippen molar-refractivity contribution < 1.29 is 18.7 Å². The topological polar surface area (TPSA) is 95.6 Å². The lowest BCUT2D eigenvalue weighted by Crippen LogP contribution is -2.16. The van der Waals surface area contributed by atoms with Gasteiger partial charge in [0, 0.05) is 31.1 Å². The van der Waals surface area contributed by atoms with Gasteiger partial charge in [-0.2, -0.15) is 5.26 Å². The normalized spacial score (nSPS) is 11.1. The Kier molecular flexibility index (Phi) is 7.05. The second kappa shape index (κ2) is 9.08. The highest BCUT2D eigenvalue weighted by Gasteiger charge is 2.23. The van der Waals surface area contributed by atoms with Gasteiger partial charge in [0.25, 0.3) is 5.91 Å². The molecule has 2 heterocycles. The fourth-order valence-electron chi connectivity index (χ4n) is 2.38. The van der Waals surface area contributed by atoms with Crippen molar-refractivity contribution in [1.29, 1.82) is 5.26 Å². The highest BCUT2D eigenvalue weighted by Crippen LogP contribution is 2.34. The Labute approximate surface area is 175 Å². The van der Waals surface area contributed by atoms with E-state index in [1.807, 2.05) is 27.1 Å². The molecule has 0 saturated carbocycles. The van der Waals surface area contributed by atoms with Gasteiger partial charge in [0.2, 0.25) is 5.88 Å². The van der Waals surface area contributed by atoms with Gasteiger partial charge in [-0.05, 0) is 42.3 Å². The molecule has 0 aromatic carbocycles. The van der Waals surface area contributed by atoms with Crippen LogP contribution in [0.25, 0.3) is 6.08 Å². The summed E-state index contributed by atoms with van der Waals surface area (Å²) >= 11 is 4.63. The number of rotatable bonds is 6. The number of anilines is 2. The summed E-state index contributed by atoms with van der Waals surface area (Å²) in [5.74, 6) is -0.217. The summed E-state index contributed by atoms with van der Waals surface area (Å²) < 4.78 is 11.4. The van der Waals surface area contributed by atoms with Gasteiger partial charge in [-0.1, -0.05) is 0 Å². The molecule has 0 radical (unpaired) electrons. The number of furan rings is 1. The van der Waals surface area contributed by atoms with Crippen LogP contribution < -0.4 is 10.2 Å². The summed E-state index contributed by atoms with van der Waals surface area (Å²) in [6, 6.07) is 3.54. The van der Waals surface area contributed by atoms with Crippen LogP contribution in [0.2, 0.25) is 0 Å². The molecule has 0 aliphatic carbocycles. The van der Waals surface area contributed by atoms with Gasteiger partial charge in [-0.15, -0.1) is 11.3 Å². The number of carbonyl (C=O) groups is 2. The Bertz CT molecular complexity index is 982. The summed E-state index contributed by atoms with van der Waals surface area (Å²) in [4.78, 5) is 27.5. The van der Waals surface area contributed by atoms with Crippen molar-refractivity contribution >= 4 is 56.1 Å². The summed E-state index contributed by atoms with van der Waals surface area (Å²) in [7, 11) is 3.63. The zero-order valence-electron chi connectivity index (χ0n) is 16.2. The lowest BCUT2D eigenvalue weighted by Gasteiger charge is -2.07. The van der Waals surface area contributed by atoms with Crippen molar-refractivity contribution in [3.8, 4) is 6.07 Å². The van der Waals surface area contributed by atoms with Gasteiger partial charge in [0.1, 0.15) is 22.4 Å². The van der Waals surface area contributed by atoms with Gasteiger partial charge >= 0.3 is 5.97 Å². The highest BCUT2D eigenvalue weighted by molar-refractivity contribution is 9.10. The first-order valence-corrected chi connectivity index (χ1v) is 9.97. The maximum atomic E-state index is 12.6. The van der Waals surface area contributed by atoms with Crippen molar-refractivity contribution in [2.75, 3.05) is 30.9 Å². The number of hydrogen-bond donors (Lipinski definition) is 1. The van der Waals surface area contributed by atoms with Crippen molar-refractivity contribution in [3.63, 3.8) is 0 Å². The Morgan fingerprint density at radius 1 is 1.43 bits per heavy atom. The number of halogens is 1. The predicted molar refractivity (Wildman–Crippen MR) is 113 cm³/mol. The molecule has 0 aliphatic heterocycles. The van der Waals surface area contributed by atoms with Crippen molar-refractivity contribution in [3.05, 3.63) is 37.9 Å². The second-order valence-corrected chi connectivity index (χ2v) is 8.11. The molecule has 0 unspecified atom stereocenters. The zero-order chi connectivity index (χ0) is 21.0. The third-order valence-corrected chi connectivity index (χ3v) is 5.53. The number of nitrogens with one attached hydrogen (secondary N) is 1. The van der Waals surface area contributed by atoms with Crippen molar-refractivity contribution in [2.24, 2.45) is 0 Å². The minimum atomic E-state index is -0.631. The molecule has 2 aromatic rings. The van der Waals surface area contributed by atoms with Gasteiger partial charge in [-0.3, -0.25) is 4.79 Å². The first-order chi connectivity index (χ1) is 13.2. The summed E-state index contributed by atoms with van der Waals surface area (Å²) in [6.07, 6.45) is 1.35. The van der Waals surface area contributed by atoms with E-state index in [1.54, 1.807) is 24.8 Å².